The lowest BCUT2D eigenvalue weighted by Gasteiger charge is -2.26. The van der Waals surface area contributed by atoms with Crippen LogP contribution in [0.1, 0.15) is 32.1 Å². The van der Waals surface area contributed by atoms with Gasteiger partial charge in [0.1, 0.15) is 0 Å². The van der Waals surface area contributed by atoms with Gasteiger partial charge in [0.25, 0.3) is 0 Å². The van der Waals surface area contributed by atoms with Crippen LogP contribution in [-0.2, 0) is 0 Å². The van der Waals surface area contributed by atoms with Gasteiger partial charge in [-0.15, -0.1) is 11.6 Å². The van der Waals surface area contributed by atoms with Crippen molar-refractivity contribution in [1.29, 1.82) is 0 Å². The maximum atomic E-state index is 6.11. The van der Waals surface area contributed by atoms with Crippen molar-refractivity contribution in [2.45, 2.75) is 37.5 Å². The minimum absolute atomic E-state index is 0.414. The number of hydrogen-bond donors (Lipinski definition) is 1. The molecule has 0 aromatic carbocycles. The lowest BCUT2D eigenvalue weighted by atomic mass is 9.86. The van der Waals surface area contributed by atoms with Crippen LogP contribution in [0.15, 0.2) is 0 Å². The van der Waals surface area contributed by atoms with E-state index in [-0.39, 0.29) is 0 Å². The van der Waals surface area contributed by atoms with Crippen LogP contribution < -0.4 is 5.73 Å². The maximum absolute atomic E-state index is 6.11. The van der Waals surface area contributed by atoms with E-state index in [9.17, 15) is 0 Å². The van der Waals surface area contributed by atoms with Gasteiger partial charge in [0, 0.05) is 5.38 Å². The number of rotatable bonds is 2. The zero-order valence-corrected chi connectivity index (χ0v) is 7.11. The van der Waals surface area contributed by atoms with E-state index in [1.165, 1.54) is 25.7 Å². The van der Waals surface area contributed by atoms with Crippen LogP contribution in [-0.4, -0.2) is 11.9 Å². The standard InChI is InChI=1S/C8H16ClN/c9-8-4-2-1-3-7(8)5-6-10/h7-8H,1-6,10H2/t7-,8+/m1/s1. The number of alkyl halides is 1. The van der Waals surface area contributed by atoms with Gasteiger partial charge in [-0.05, 0) is 31.7 Å². The Morgan fingerprint density at radius 2 is 2.00 bits per heavy atom. The van der Waals surface area contributed by atoms with Gasteiger partial charge in [-0.25, -0.2) is 0 Å². The van der Waals surface area contributed by atoms with E-state index in [4.69, 9.17) is 17.3 Å². The molecule has 0 unspecified atom stereocenters. The van der Waals surface area contributed by atoms with E-state index >= 15 is 0 Å². The van der Waals surface area contributed by atoms with Crippen molar-refractivity contribution >= 4 is 11.6 Å². The Morgan fingerprint density at radius 1 is 1.30 bits per heavy atom. The smallest absolute Gasteiger partial charge is 0.0364 e. The SMILES string of the molecule is NCC[C@H]1CCCC[C@@H]1Cl. The molecule has 2 N–H and O–H groups in total. The highest BCUT2D eigenvalue weighted by Gasteiger charge is 2.21. The Labute approximate surface area is 67.9 Å². The van der Waals surface area contributed by atoms with E-state index in [1.807, 2.05) is 0 Å². The fourth-order valence-electron chi connectivity index (χ4n) is 1.70. The molecule has 0 saturated heterocycles. The molecule has 60 valence electrons. The summed E-state index contributed by atoms with van der Waals surface area (Å²) in [7, 11) is 0. The fraction of sp³-hybridized carbons (Fsp3) is 1.00. The molecule has 0 aromatic rings. The summed E-state index contributed by atoms with van der Waals surface area (Å²) >= 11 is 6.11. The van der Waals surface area contributed by atoms with Gasteiger partial charge >= 0.3 is 0 Å². The molecule has 0 amide bonds. The average molecular weight is 162 g/mol. The summed E-state index contributed by atoms with van der Waals surface area (Å²) < 4.78 is 0. The molecule has 0 bridgehead atoms. The first kappa shape index (κ1) is 8.35. The van der Waals surface area contributed by atoms with Crippen LogP contribution >= 0.6 is 11.6 Å². The minimum atomic E-state index is 0.414. The minimum Gasteiger partial charge on any atom is -0.330 e. The van der Waals surface area contributed by atoms with E-state index in [2.05, 4.69) is 0 Å². The van der Waals surface area contributed by atoms with Crippen molar-refractivity contribution in [1.82, 2.24) is 0 Å². The second-order valence-electron chi connectivity index (χ2n) is 3.14. The maximum Gasteiger partial charge on any atom is 0.0364 e. The zero-order valence-electron chi connectivity index (χ0n) is 6.35. The highest BCUT2D eigenvalue weighted by molar-refractivity contribution is 6.20. The molecule has 1 nitrogen and oxygen atoms in total. The molecule has 1 aliphatic carbocycles. The van der Waals surface area contributed by atoms with Crippen molar-refractivity contribution in [3.05, 3.63) is 0 Å². The Hall–Kier alpha value is 0.250. The molecule has 0 spiro atoms. The summed E-state index contributed by atoms with van der Waals surface area (Å²) in [6.45, 7) is 0.799. The third-order valence-electron chi connectivity index (χ3n) is 2.35. The van der Waals surface area contributed by atoms with Crippen LogP contribution in [0.25, 0.3) is 0 Å². The summed E-state index contributed by atoms with van der Waals surface area (Å²) in [6.07, 6.45) is 6.29. The molecule has 1 saturated carbocycles. The first-order valence-electron chi connectivity index (χ1n) is 4.18. The average Bonchev–Trinajstić information content (AvgIpc) is 1.94. The molecule has 1 rings (SSSR count). The zero-order chi connectivity index (χ0) is 7.40. The molecular weight excluding hydrogens is 146 g/mol. The summed E-state index contributed by atoms with van der Waals surface area (Å²) in [6, 6.07) is 0. The van der Waals surface area contributed by atoms with E-state index in [0.29, 0.717) is 11.3 Å². The Bertz CT molecular complexity index is 93.3. The van der Waals surface area contributed by atoms with Gasteiger partial charge in [0.15, 0.2) is 0 Å². The van der Waals surface area contributed by atoms with Crippen LogP contribution in [0, 0.1) is 5.92 Å². The normalized spacial score (nSPS) is 34.2. The van der Waals surface area contributed by atoms with Gasteiger partial charge in [-0.1, -0.05) is 12.8 Å². The third-order valence-corrected chi connectivity index (χ3v) is 2.93. The first-order chi connectivity index (χ1) is 4.84. The summed E-state index contributed by atoms with van der Waals surface area (Å²) in [4.78, 5) is 0. The van der Waals surface area contributed by atoms with Crippen LogP contribution in [0.5, 0.6) is 0 Å². The molecule has 2 atom stereocenters. The van der Waals surface area contributed by atoms with E-state index in [1.54, 1.807) is 0 Å². The first-order valence-corrected chi connectivity index (χ1v) is 4.62. The third kappa shape index (κ3) is 2.14. The predicted molar refractivity (Wildman–Crippen MR) is 45.3 cm³/mol. The second kappa shape index (κ2) is 4.20. The molecular formula is C8H16ClN. The van der Waals surface area contributed by atoms with Crippen molar-refractivity contribution in [2.75, 3.05) is 6.54 Å². The van der Waals surface area contributed by atoms with Crippen LogP contribution in [0.3, 0.4) is 0 Å². The number of halogens is 1. The molecule has 0 radical (unpaired) electrons. The molecule has 10 heavy (non-hydrogen) atoms. The Balaban J connectivity index is 2.25. The molecule has 1 fully saturated rings. The highest BCUT2D eigenvalue weighted by atomic mass is 35.5. The van der Waals surface area contributed by atoms with Crippen molar-refractivity contribution in [2.24, 2.45) is 11.7 Å². The highest BCUT2D eigenvalue weighted by Crippen LogP contribution is 2.30. The Morgan fingerprint density at radius 3 is 2.60 bits per heavy atom. The quantitative estimate of drug-likeness (QED) is 0.617. The van der Waals surface area contributed by atoms with Gasteiger partial charge in [0.05, 0.1) is 0 Å². The molecule has 2 heteroatoms. The fourth-order valence-corrected chi connectivity index (χ4v) is 2.11. The molecule has 1 aliphatic rings. The molecule has 0 heterocycles. The number of hydrogen-bond acceptors (Lipinski definition) is 1. The van der Waals surface area contributed by atoms with Gasteiger partial charge in [0.2, 0.25) is 0 Å². The van der Waals surface area contributed by atoms with Crippen molar-refractivity contribution in [3.63, 3.8) is 0 Å². The Kier molecular flexibility index (Phi) is 3.50. The predicted octanol–water partition coefficient (Wildman–Crippen LogP) is 2.13. The lowest BCUT2D eigenvalue weighted by Crippen LogP contribution is -2.22. The number of nitrogens with two attached hydrogens (primary N) is 1. The van der Waals surface area contributed by atoms with Gasteiger partial charge in [-0.3, -0.25) is 0 Å². The van der Waals surface area contributed by atoms with E-state index in [0.717, 1.165) is 13.0 Å². The monoisotopic (exact) mass is 161 g/mol. The molecule has 0 aromatic heterocycles. The summed E-state index contributed by atoms with van der Waals surface area (Å²) in [5, 5.41) is 0.414. The second-order valence-corrected chi connectivity index (χ2v) is 3.70. The lowest BCUT2D eigenvalue weighted by molar-refractivity contribution is 0.350. The largest absolute Gasteiger partial charge is 0.330 e. The van der Waals surface area contributed by atoms with Gasteiger partial charge < -0.3 is 5.73 Å². The van der Waals surface area contributed by atoms with E-state index < -0.39 is 0 Å². The topological polar surface area (TPSA) is 26.0 Å². The van der Waals surface area contributed by atoms with Crippen molar-refractivity contribution < 1.29 is 0 Å². The van der Waals surface area contributed by atoms with Crippen LogP contribution in [0.2, 0.25) is 0 Å². The molecule has 0 aliphatic heterocycles. The van der Waals surface area contributed by atoms with Crippen LogP contribution in [0.4, 0.5) is 0 Å². The summed E-state index contributed by atoms with van der Waals surface area (Å²) in [5.41, 5.74) is 5.46. The summed E-state index contributed by atoms with van der Waals surface area (Å²) in [5.74, 6) is 0.709. The van der Waals surface area contributed by atoms with Gasteiger partial charge in [-0.2, -0.15) is 0 Å². The van der Waals surface area contributed by atoms with Crippen molar-refractivity contribution in [3.8, 4) is 0 Å².